The predicted molar refractivity (Wildman–Crippen MR) is 100 cm³/mol. The summed E-state index contributed by atoms with van der Waals surface area (Å²) < 4.78 is 15.2. The Morgan fingerprint density at radius 1 is 0.833 bits per heavy atom. The molecule has 0 heterocycles. The lowest BCUT2D eigenvalue weighted by molar-refractivity contribution is -0.143. The first-order chi connectivity index (χ1) is 14.2. The summed E-state index contributed by atoms with van der Waals surface area (Å²) in [5.74, 6) is -2.99. The van der Waals surface area contributed by atoms with E-state index in [0.29, 0.717) is 0 Å². The number of carboxylic acids is 1. The number of ketones is 1. The Kier molecular flexibility index (Phi) is 15.8. The van der Waals surface area contributed by atoms with Gasteiger partial charge >= 0.3 is 5.97 Å². The van der Waals surface area contributed by atoms with Gasteiger partial charge in [0.2, 0.25) is 11.8 Å². The number of hydroxylamine groups is 1. The molecule has 13 nitrogen and oxygen atoms in total. The van der Waals surface area contributed by atoms with Crippen molar-refractivity contribution in [1.82, 2.24) is 16.1 Å². The number of nitrogens with one attached hydrogen (secondary N) is 3. The van der Waals surface area contributed by atoms with E-state index < -0.39 is 36.2 Å². The minimum Gasteiger partial charge on any atom is -0.480 e. The van der Waals surface area contributed by atoms with Crippen molar-refractivity contribution in [3.8, 4) is 0 Å². The van der Waals surface area contributed by atoms with Gasteiger partial charge in [-0.1, -0.05) is 0 Å². The summed E-state index contributed by atoms with van der Waals surface area (Å²) in [6.07, 6.45) is -0.391. The second-order valence-corrected chi connectivity index (χ2v) is 5.94. The van der Waals surface area contributed by atoms with Crippen molar-refractivity contribution in [2.45, 2.75) is 26.3 Å². The summed E-state index contributed by atoms with van der Waals surface area (Å²) >= 11 is 0. The molecule has 0 aromatic heterocycles. The minimum atomic E-state index is -1.30. The molecule has 0 aliphatic heterocycles. The molecule has 172 valence electrons. The monoisotopic (exact) mass is 435 g/mol. The molecule has 1 atom stereocenters. The van der Waals surface area contributed by atoms with Gasteiger partial charge < -0.3 is 30.0 Å². The van der Waals surface area contributed by atoms with Crippen LogP contribution in [0.2, 0.25) is 0 Å². The molecule has 0 rings (SSSR count). The fourth-order valence-corrected chi connectivity index (χ4v) is 1.83. The molecule has 0 aromatic carbocycles. The van der Waals surface area contributed by atoms with Crippen molar-refractivity contribution in [3.05, 3.63) is 0 Å². The minimum absolute atomic E-state index is 0.00990. The molecule has 0 aromatic rings. The molecule has 0 aliphatic rings. The van der Waals surface area contributed by atoms with Crippen LogP contribution in [0.4, 0.5) is 0 Å². The van der Waals surface area contributed by atoms with Crippen LogP contribution >= 0.6 is 0 Å². The van der Waals surface area contributed by atoms with Crippen LogP contribution in [0.25, 0.3) is 0 Å². The summed E-state index contributed by atoms with van der Waals surface area (Å²) in [5, 5.41) is 13.5. The summed E-state index contributed by atoms with van der Waals surface area (Å²) in [4.78, 5) is 60.3. The molecule has 13 heteroatoms. The fourth-order valence-electron chi connectivity index (χ4n) is 1.83. The van der Waals surface area contributed by atoms with Gasteiger partial charge in [0, 0.05) is 13.5 Å². The molecular weight excluding hydrogens is 406 g/mol. The number of hydrogen-bond donors (Lipinski definition) is 4. The molecule has 0 radical (unpaired) electrons. The number of carboxylic acid groups (broad SMARTS) is 1. The highest BCUT2D eigenvalue weighted by Crippen LogP contribution is 1.93. The van der Waals surface area contributed by atoms with E-state index in [2.05, 4.69) is 16.1 Å². The van der Waals surface area contributed by atoms with E-state index >= 15 is 0 Å². The Morgan fingerprint density at radius 2 is 1.47 bits per heavy atom. The first-order valence-corrected chi connectivity index (χ1v) is 9.12. The van der Waals surface area contributed by atoms with Gasteiger partial charge in [-0.3, -0.25) is 24.0 Å². The van der Waals surface area contributed by atoms with Crippen molar-refractivity contribution >= 4 is 29.5 Å². The van der Waals surface area contributed by atoms with E-state index in [1.165, 1.54) is 6.92 Å². The first kappa shape index (κ1) is 27.4. The maximum Gasteiger partial charge on any atom is 0.326 e. The van der Waals surface area contributed by atoms with Crippen molar-refractivity contribution in [2.75, 3.05) is 52.8 Å². The lowest BCUT2D eigenvalue weighted by atomic mass is 10.2. The second-order valence-electron chi connectivity index (χ2n) is 5.94. The van der Waals surface area contributed by atoms with Crippen LogP contribution in [-0.4, -0.2) is 93.4 Å². The van der Waals surface area contributed by atoms with Crippen LogP contribution in [0, 0.1) is 0 Å². The van der Waals surface area contributed by atoms with Gasteiger partial charge in [-0.2, -0.15) is 0 Å². The first-order valence-electron chi connectivity index (χ1n) is 9.12. The van der Waals surface area contributed by atoms with Gasteiger partial charge in [0.15, 0.2) is 5.78 Å². The molecule has 3 amide bonds. The molecule has 0 bridgehead atoms. The Balaban J connectivity index is 3.57. The molecule has 0 fully saturated rings. The van der Waals surface area contributed by atoms with Gasteiger partial charge in [-0.25, -0.2) is 10.3 Å². The quantitative estimate of drug-likeness (QED) is 0.136. The topological polar surface area (TPSA) is 179 Å². The van der Waals surface area contributed by atoms with Crippen LogP contribution in [0.1, 0.15) is 20.3 Å². The Labute approximate surface area is 173 Å². The zero-order chi connectivity index (χ0) is 22.8. The van der Waals surface area contributed by atoms with E-state index in [9.17, 15) is 24.0 Å². The molecule has 0 unspecified atom stereocenters. The average molecular weight is 435 g/mol. The van der Waals surface area contributed by atoms with Crippen LogP contribution in [-0.2, 0) is 43.0 Å². The summed E-state index contributed by atoms with van der Waals surface area (Å²) in [5.41, 5.74) is 2.14. The van der Waals surface area contributed by atoms with E-state index in [-0.39, 0.29) is 58.6 Å². The third kappa shape index (κ3) is 17.5. The maximum absolute atomic E-state index is 11.6. The standard InChI is InChI=1S/C17H29N3O10/c1-12(21)10-28-7-8-30-20-16(24)11-29-6-5-27-4-3-18-15(23)9-14(17(25)26)19-13(2)22/h14H,3-11H2,1-2H3,(H,18,23)(H,19,22)(H,20,24)(H,25,26)/t14-/m1/s1. The van der Waals surface area contributed by atoms with Crippen molar-refractivity contribution in [1.29, 1.82) is 0 Å². The van der Waals surface area contributed by atoms with Crippen LogP contribution in [0.5, 0.6) is 0 Å². The molecular formula is C17H29N3O10. The molecule has 0 spiro atoms. The van der Waals surface area contributed by atoms with Crippen LogP contribution in [0.15, 0.2) is 0 Å². The van der Waals surface area contributed by atoms with Gasteiger partial charge in [0.1, 0.15) is 19.3 Å². The lowest BCUT2D eigenvalue weighted by Crippen LogP contribution is -2.43. The van der Waals surface area contributed by atoms with E-state index in [4.69, 9.17) is 24.2 Å². The van der Waals surface area contributed by atoms with Gasteiger partial charge in [0.25, 0.3) is 5.91 Å². The van der Waals surface area contributed by atoms with Gasteiger partial charge in [-0.05, 0) is 6.92 Å². The zero-order valence-corrected chi connectivity index (χ0v) is 17.1. The number of carbonyl (C=O) groups excluding carboxylic acids is 4. The third-order valence-electron chi connectivity index (χ3n) is 3.06. The lowest BCUT2D eigenvalue weighted by Gasteiger charge is -2.13. The number of Topliss-reactive ketones (excluding diaryl/α,β-unsaturated/α-hetero) is 1. The van der Waals surface area contributed by atoms with Crippen molar-refractivity contribution in [2.24, 2.45) is 0 Å². The largest absolute Gasteiger partial charge is 0.480 e. The molecule has 0 saturated heterocycles. The molecule has 30 heavy (non-hydrogen) atoms. The summed E-state index contributed by atoms with van der Waals surface area (Å²) in [7, 11) is 0. The zero-order valence-electron chi connectivity index (χ0n) is 17.1. The van der Waals surface area contributed by atoms with E-state index in [0.717, 1.165) is 6.92 Å². The second kappa shape index (κ2) is 17.3. The summed E-state index contributed by atoms with van der Waals surface area (Å²) in [6.45, 7) is 3.16. The van der Waals surface area contributed by atoms with Crippen molar-refractivity contribution in [3.63, 3.8) is 0 Å². The maximum atomic E-state index is 11.6. The number of hydrogen-bond acceptors (Lipinski definition) is 9. The Hall–Kier alpha value is -2.61. The highest BCUT2D eigenvalue weighted by Gasteiger charge is 2.21. The van der Waals surface area contributed by atoms with E-state index in [1.807, 2.05) is 0 Å². The highest BCUT2D eigenvalue weighted by molar-refractivity contribution is 5.88. The number of ether oxygens (including phenoxy) is 3. The average Bonchev–Trinajstić information content (AvgIpc) is 2.65. The number of aliphatic carboxylic acids is 1. The summed E-state index contributed by atoms with van der Waals surface area (Å²) in [6, 6.07) is -1.29. The molecule has 4 N–H and O–H groups in total. The van der Waals surface area contributed by atoms with Gasteiger partial charge in [-0.15, -0.1) is 0 Å². The SMILES string of the molecule is CC(=O)COCCONC(=O)COCCOCCNC(=O)C[C@@H](NC(C)=O)C(=O)O. The predicted octanol–water partition coefficient (Wildman–Crippen LogP) is -2.23. The third-order valence-corrected chi connectivity index (χ3v) is 3.06. The number of carbonyl (C=O) groups is 5. The number of rotatable bonds is 18. The smallest absolute Gasteiger partial charge is 0.326 e. The van der Waals surface area contributed by atoms with Crippen LogP contribution in [0.3, 0.4) is 0 Å². The molecule has 0 saturated carbocycles. The normalized spacial score (nSPS) is 11.4. The fraction of sp³-hybridized carbons (Fsp3) is 0.706. The molecule has 0 aliphatic carbocycles. The Bertz CT molecular complexity index is 570. The number of amides is 3. The van der Waals surface area contributed by atoms with Crippen LogP contribution < -0.4 is 16.1 Å². The Morgan fingerprint density at radius 3 is 2.10 bits per heavy atom. The van der Waals surface area contributed by atoms with E-state index in [1.54, 1.807) is 0 Å². The highest BCUT2D eigenvalue weighted by atomic mass is 16.7. The van der Waals surface area contributed by atoms with Crippen molar-refractivity contribution < 1.29 is 48.1 Å². The van der Waals surface area contributed by atoms with Gasteiger partial charge in [0.05, 0.1) is 39.5 Å².